The fourth-order valence-electron chi connectivity index (χ4n) is 3.49. The number of hydrazine groups is 1. The van der Waals surface area contributed by atoms with Crippen LogP contribution in [0.25, 0.3) is 0 Å². The van der Waals surface area contributed by atoms with Gasteiger partial charge in [0.1, 0.15) is 0 Å². The summed E-state index contributed by atoms with van der Waals surface area (Å²) < 4.78 is 5.22. The minimum absolute atomic E-state index is 0.0549. The van der Waals surface area contributed by atoms with E-state index in [1.165, 1.54) is 0 Å². The third kappa shape index (κ3) is 2.71. The number of nitrogens with zero attached hydrogens (tertiary/aromatic N) is 4. The molecule has 3 aliphatic rings. The molecule has 1 aliphatic carbocycles. The van der Waals surface area contributed by atoms with E-state index in [1.54, 1.807) is 7.11 Å². The lowest BCUT2D eigenvalue weighted by Gasteiger charge is -2.47. The number of hydroxylamine groups is 1. The number of benzene rings is 1. The van der Waals surface area contributed by atoms with E-state index in [9.17, 15) is 10.4 Å². The number of ether oxygens (including phenoxy) is 1. The molecule has 4 rings (SSSR count). The average molecular weight is 331 g/mol. The standard InChI is InChI=1S/C16H21N5O3/c1-24-13-9-19(10-13)6-5-17-16-18-21(23)15-8-12-4-2-3-11(12)7-14(15)20(16)22/h7-8,13H,2-6,9-10H2,1H3,(H,17,18)/q-2. The lowest BCUT2D eigenvalue weighted by molar-refractivity contribution is -0.0274. The van der Waals surface area contributed by atoms with Gasteiger partial charge in [-0.2, -0.15) is 0 Å². The largest absolute Gasteiger partial charge is 0.752 e. The number of likely N-dealkylation sites (tertiary alicyclic amines) is 1. The fourth-order valence-corrected chi connectivity index (χ4v) is 3.49. The van der Waals surface area contributed by atoms with Gasteiger partial charge in [-0.15, -0.1) is 0 Å². The number of guanidine groups is 1. The predicted molar refractivity (Wildman–Crippen MR) is 92.8 cm³/mol. The van der Waals surface area contributed by atoms with E-state index in [0.717, 1.165) is 55.1 Å². The molecule has 24 heavy (non-hydrogen) atoms. The summed E-state index contributed by atoms with van der Waals surface area (Å²) in [6.45, 7) is 2.98. The van der Waals surface area contributed by atoms with Crippen molar-refractivity contribution in [1.29, 1.82) is 0 Å². The van der Waals surface area contributed by atoms with Gasteiger partial charge in [0.25, 0.3) is 0 Å². The number of aryl methyl sites for hydroxylation is 2. The molecular weight excluding hydrogens is 310 g/mol. The van der Waals surface area contributed by atoms with Crippen LogP contribution >= 0.6 is 0 Å². The second kappa shape index (κ2) is 6.21. The third-order valence-corrected chi connectivity index (χ3v) is 4.96. The molecule has 130 valence electrons. The minimum atomic E-state index is 0.0549. The molecule has 2 aliphatic heterocycles. The minimum Gasteiger partial charge on any atom is -0.752 e. The number of methoxy groups -OCH3 is 1. The Balaban J connectivity index is 1.45. The number of anilines is 2. The summed E-state index contributed by atoms with van der Waals surface area (Å²) in [4.78, 5) is 6.47. The fraction of sp³-hybridized carbons (Fsp3) is 0.562. The van der Waals surface area contributed by atoms with Crippen LogP contribution in [0.4, 0.5) is 11.4 Å². The van der Waals surface area contributed by atoms with Crippen LogP contribution in [0.3, 0.4) is 0 Å². The molecule has 1 fully saturated rings. The molecule has 1 aromatic rings. The molecule has 0 radical (unpaired) electrons. The van der Waals surface area contributed by atoms with Crippen LogP contribution in [0.15, 0.2) is 17.1 Å². The number of hydrogen-bond donors (Lipinski definition) is 1. The van der Waals surface area contributed by atoms with Crippen molar-refractivity contribution < 1.29 is 4.74 Å². The summed E-state index contributed by atoms with van der Waals surface area (Å²) in [6, 6.07) is 3.66. The molecule has 2 heterocycles. The zero-order chi connectivity index (χ0) is 16.7. The average Bonchev–Trinajstić information content (AvgIpc) is 3.00. The number of aliphatic imine (C=N–C) groups is 1. The topological polar surface area (TPSA) is 89.5 Å². The number of nitrogens with one attached hydrogen (secondary N) is 1. The Kier molecular flexibility index (Phi) is 4.05. The van der Waals surface area contributed by atoms with Crippen molar-refractivity contribution in [3.8, 4) is 0 Å². The summed E-state index contributed by atoms with van der Waals surface area (Å²) in [7, 11) is 1.71. The summed E-state index contributed by atoms with van der Waals surface area (Å²) >= 11 is 0. The first-order valence-electron chi connectivity index (χ1n) is 8.32. The van der Waals surface area contributed by atoms with Gasteiger partial charge in [0, 0.05) is 26.7 Å². The van der Waals surface area contributed by atoms with Crippen molar-refractivity contribution in [2.75, 3.05) is 43.5 Å². The first kappa shape index (κ1) is 15.6. The summed E-state index contributed by atoms with van der Waals surface area (Å²) in [5.74, 6) is 0.0549. The highest BCUT2D eigenvalue weighted by molar-refractivity contribution is 6.04. The summed E-state index contributed by atoms with van der Waals surface area (Å²) in [6.07, 6.45) is 3.30. The van der Waals surface area contributed by atoms with Gasteiger partial charge < -0.3 is 25.4 Å². The molecule has 1 N–H and O–H groups in total. The molecular formula is C16H21N5O3-2. The molecule has 0 amide bonds. The molecule has 0 aromatic heterocycles. The van der Waals surface area contributed by atoms with Crippen molar-refractivity contribution in [1.82, 2.24) is 10.3 Å². The highest BCUT2D eigenvalue weighted by Gasteiger charge is 2.26. The van der Waals surface area contributed by atoms with Crippen LogP contribution in [-0.4, -0.2) is 50.3 Å². The van der Waals surface area contributed by atoms with Crippen molar-refractivity contribution >= 4 is 17.3 Å². The van der Waals surface area contributed by atoms with Gasteiger partial charge in [0.15, 0.2) is 0 Å². The van der Waals surface area contributed by atoms with Crippen molar-refractivity contribution in [3.05, 3.63) is 33.7 Å². The quantitative estimate of drug-likeness (QED) is 0.880. The molecule has 1 aromatic carbocycles. The Labute approximate surface area is 140 Å². The second-order valence-corrected chi connectivity index (χ2v) is 6.49. The molecule has 1 saturated heterocycles. The molecule has 0 spiro atoms. The van der Waals surface area contributed by atoms with Crippen molar-refractivity contribution in [2.24, 2.45) is 4.99 Å². The Morgan fingerprint density at radius 2 is 1.92 bits per heavy atom. The lowest BCUT2D eigenvalue weighted by atomic mass is 10.1. The van der Waals surface area contributed by atoms with Gasteiger partial charge >= 0.3 is 0 Å². The number of rotatable bonds is 4. The third-order valence-electron chi connectivity index (χ3n) is 4.96. The normalized spacial score (nSPS) is 22.4. The first-order valence-corrected chi connectivity index (χ1v) is 8.32. The second-order valence-electron chi connectivity index (χ2n) is 6.49. The predicted octanol–water partition coefficient (Wildman–Crippen LogP) is 0.989. The summed E-state index contributed by atoms with van der Waals surface area (Å²) in [5, 5.41) is 26.1. The maximum Gasteiger partial charge on any atom is 0.206 e. The Hall–Kier alpha value is -1.87. The van der Waals surface area contributed by atoms with E-state index in [4.69, 9.17) is 4.74 Å². The van der Waals surface area contributed by atoms with Crippen LogP contribution < -0.4 is 15.7 Å². The first-order chi connectivity index (χ1) is 11.7. The van der Waals surface area contributed by atoms with Crippen LogP contribution in [0.2, 0.25) is 0 Å². The number of fused-ring (bicyclic) bond motifs is 2. The zero-order valence-electron chi connectivity index (χ0n) is 13.7. The van der Waals surface area contributed by atoms with E-state index in [2.05, 4.69) is 15.3 Å². The number of hydrogen-bond acceptors (Lipinski definition) is 6. The highest BCUT2D eigenvalue weighted by atomic mass is 16.6. The molecule has 0 atom stereocenters. The van der Waals surface area contributed by atoms with Crippen LogP contribution in [0, 0.1) is 10.4 Å². The van der Waals surface area contributed by atoms with E-state index < -0.39 is 0 Å². The Morgan fingerprint density at radius 3 is 2.62 bits per heavy atom. The van der Waals surface area contributed by atoms with Gasteiger partial charge in [-0.25, -0.2) is 0 Å². The van der Waals surface area contributed by atoms with E-state index >= 15 is 0 Å². The Bertz CT molecular complexity index is 659. The van der Waals surface area contributed by atoms with Gasteiger partial charge in [-0.1, -0.05) is 0 Å². The van der Waals surface area contributed by atoms with Gasteiger partial charge in [-0.05, 0) is 42.5 Å². The highest BCUT2D eigenvalue weighted by Crippen LogP contribution is 2.37. The monoisotopic (exact) mass is 331 g/mol. The van der Waals surface area contributed by atoms with Crippen LogP contribution in [0.1, 0.15) is 17.5 Å². The van der Waals surface area contributed by atoms with E-state index in [1.807, 2.05) is 12.1 Å². The van der Waals surface area contributed by atoms with E-state index in [0.29, 0.717) is 29.2 Å². The maximum atomic E-state index is 12.5. The maximum absolute atomic E-state index is 12.5. The zero-order valence-corrected chi connectivity index (χ0v) is 13.7. The molecule has 8 heteroatoms. The lowest BCUT2D eigenvalue weighted by Crippen LogP contribution is -2.53. The van der Waals surface area contributed by atoms with E-state index in [-0.39, 0.29) is 5.96 Å². The molecule has 8 nitrogen and oxygen atoms in total. The molecule has 0 bridgehead atoms. The summed E-state index contributed by atoms with van der Waals surface area (Å²) in [5.41, 5.74) is 5.62. The van der Waals surface area contributed by atoms with Gasteiger partial charge in [0.05, 0.1) is 24.0 Å². The molecule has 0 saturated carbocycles. The van der Waals surface area contributed by atoms with Crippen molar-refractivity contribution in [3.63, 3.8) is 0 Å². The van der Waals surface area contributed by atoms with Crippen molar-refractivity contribution in [2.45, 2.75) is 25.4 Å². The SMILES string of the molecule is COC1CN(CCN=C2NN([O-])c3cc4c(cc3N2[O-])CCC4)C1. The molecule has 0 unspecified atom stereocenters. The van der Waals surface area contributed by atoms with Crippen LogP contribution in [-0.2, 0) is 17.6 Å². The smallest absolute Gasteiger partial charge is 0.206 e. The van der Waals surface area contributed by atoms with Gasteiger partial charge in [-0.3, -0.25) is 15.3 Å². The Morgan fingerprint density at radius 1 is 1.21 bits per heavy atom. The van der Waals surface area contributed by atoms with Gasteiger partial charge in [0.2, 0.25) is 5.96 Å². The van der Waals surface area contributed by atoms with Crippen LogP contribution in [0.5, 0.6) is 0 Å².